The summed E-state index contributed by atoms with van der Waals surface area (Å²) in [5, 5.41) is 8.13. The molecule has 1 N–H and O–H groups in total. The van der Waals surface area contributed by atoms with Crippen molar-refractivity contribution in [1.82, 2.24) is 24.8 Å². The Morgan fingerprint density at radius 1 is 1.26 bits per heavy atom. The van der Waals surface area contributed by atoms with Crippen LogP contribution in [0.5, 0.6) is 0 Å². The number of hydrogen-bond acceptors (Lipinski definition) is 4. The zero-order valence-electron chi connectivity index (χ0n) is 15.8. The first kappa shape index (κ1) is 19.3. The van der Waals surface area contributed by atoms with Crippen LogP contribution in [0.15, 0.2) is 42.7 Å². The number of hydrogen-bond donors (Lipinski definition) is 1. The van der Waals surface area contributed by atoms with Crippen LogP contribution in [0.2, 0.25) is 5.02 Å². The second-order valence-electron chi connectivity index (χ2n) is 6.32. The number of rotatable bonds is 7. The molecule has 0 aliphatic heterocycles. The highest BCUT2D eigenvalue weighted by atomic mass is 35.5. The normalized spacial score (nSPS) is 12.5. The highest BCUT2D eigenvalue weighted by Crippen LogP contribution is 2.27. The van der Waals surface area contributed by atoms with Crippen LogP contribution in [0.1, 0.15) is 41.5 Å². The summed E-state index contributed by atoms with van der Waals surface area (Å²) >= 11 is 6.43. The lowest BCUT2D eigenvalue weighted by Gasteiger charge is -2.30. The molecule has 0 spiro atoms. The van der Waals surface area contributed by atoms with E-state index < -0.39 is 0 Å². The molecule has 0 saturated carbocycles. The Labute approximate surface area is 164 Å². The Bertz CT molecular complexity index is 935. The predicted octanol–water partition coefficient (Wildman–Crippen LogP) is 3.50. The summed E-state index contributed by atoms with van der Waals surface area (Å²) < 4.78 is 1.63. The van der Waals surface area contributed by atoms with Gasteiger partial charge >= 0.3 is 0 Å². The molecule has 142 valence electrons. The fraction of sp³-hybridized carbons (Fsp3) is 0.350. The van der Waals surface area contributed by atoms with Gasteiger partial charge in [0.05, 0.1) is 11.7 Å². The topological polar surface area (TPSA) is 62.5 Å². The molecule has 1 atom stereocenters. The van der Waals surface area contributed by atoms with Gasteiger partial charge in [-0.1, -0.05) is 43.6 Å². The van der Waals surface area contributed by atoms with E-state index in [0.717, 1.165) is 18.7 Å². The summed E-state index contributed by atoms with van der Waals surface area (Å²) in [6.45, 7) is 8.20. The quantitative estimate of drug-likeness (QED) is 0.676. The Morgan fingerprint density at radius 3 is 2.70 bits per heavy atom. The minimum atomic E-state index is -0.176. The molecule has 27 heavy (non-hydrogen) atoms. The largest absolute Gasteiger partial charge is 0.350 e. The number of benzene rings is 1. The molecular formula is C20H24ClN5O. The van der Waals surface area contributed by atoms with Gasteiger partial charge in [-0.3, -0.25) is 9.69 Å². The molecule has 0 saturated heterocycles. The molecule has 3 aromatic rings. The Hall–Kier alpha value is -2.44. The van der Waals surface area contributed by atoms with E-state index >= 15 is 0 Å². The number of nitrogens with zero attached hydrogens (tertiary/aromatic N) is 4. The van der Waals surface area contributed by atoms with Crippen LogP contribution in [-0.4, -0.2) is 45.0 Å². The fourth-order valence-electron chi connectivity index (χ4n) is 3.39. The number of amides is 1. The number of carbonyl (C=O) groups excluding carboxylic acids is 1. The summed E-state index contributed by atoms with van der Waals surface area (Å²) in [6, 6.07) is 9.56. The maximum atomic E-state index is 12.9. The van der Waals surface area contributed by atoms with Crippen LogP contribution in [0.3, 0.4) is 0 Å². The molecule has 2 heterocycles. The summed E-state index contributed by atoms with van der Waals surface area (Å²) in [5.41, 5.74) is 2.74. The SMILES string of the molecule is CCN(CC)C(CNC(=O)c1c(C)nn2cccnc12)c1ccccc1Cl. The van der Waals surface area contributed by atoms with Gasteiger partial charge in [-0.25, -0.2) is 9.50 Å². The molecular weight excluding hydrogens is 362 g/mol. The van der Waals surface area contributed by atoms with E-state index in [4.69, 9.17) is 11.6 Å². The van der Waals surface area contributed by atoms with Crippen LogP contribution in [0.25, 0.3) is 5.65 Å². The standard InChI is InChI=1S/C20H24ClN5O/c1-4-25(5-2)17(15-9-6-7-10-16(15)21)13-23-20(27)18-14(3)24-26-12-8-11-22-19(18)26/h6-12,17H,4-5,13H2,1-3H3,(H,23,27). The third-order valence-electron chi connectivity index (χ3n) is 4.77. The molecule has 0 radical (unpaired) electrons. The summed E-state index contributed by atoms with van der Waals surface area (Å²) in [6.07, 6.45) is 3.45. The first-order chi connectivity index (χ1) is 13.1. The third kappa shape index (κ3) is 3.96. The smallest absolute Gasteiger partial charge is 0.257 e. The van der Waals surface area contributed by atoms with Gasteiger partial charge in [-0.2, -0.15) is 5.10 Å². The first-order valence-electron chi connectivity index (χ1n) is 9.13. The average molecular weight is 386 g/mol. The maximum absolute atomic E-state index is 12.9. The summed E-state index contributed by atoms with van der Waals surface area (Å²) in [4.78, 5) is 19.5. The van der Waals surface area contributed by atoms with Crippen LogP contribution < -0.4 is 5.32 Å². The highest BCUT2D eigenvalue weighted by molar-refractivity contribution is 6.31. The minimum absolute atomic E-state index is 0.00671. The van der Waals surface area contributed by atoms with E-state index in [9.17, 15) is 4.79 Å². The predicted molar refractivity (Wildman–Crippen MR) is 107 cm³/mol. The summed E-state index contributed by atoms with van der Waals surface area (Å²) in [7, 11) is 0. The van der Waals surface area contributed by atoms with Crippen molar-refractivity contribution in [3.8, 4) is 0 Å². The van der Waals surface area contributed by atoms with Crippen molar-refractivity contribution < 1.29 is 4.79 Å². The number of aromatic nitrogens is 3. The molecule has 0 aliphatic rings. The molecule has 1 unspecified atom stereocenters. The average Bonchev–Trinajstić information content (AvgIpc) is 3.01. The Morgan fingerprint density at radius 2 is 2.00 bits per heavy atom. The van der Waals surface area contributed by atoms with E-state index in [1.807, 2.05) is 31.2 Å². The van der Waals surface area contributed by atoms with Gasteiger partial charge in [0.1, 0.15) is 5.56 Å². The first-order valence-corrected chi connectivity index (χ1v) is 9.51. The number of carbonyl (C=O) groups is 1. The van der Waals surface area contributed by atoms with Crippen molar-refractivity contribution in [2.45, 2.75) is 26.8 Å². The lowest BCUT2D eigenvalue weighted by molar-refractivity contribution is 0.0935. The van der Waals surface area contributed by atoms with Crippen LogP contribution >= 0.6 is 11.6 Å². The van der Waals surface area contributed by atoms with Crippen LogP contribution in [0.4, 0.5) is 0 Å². The van der Waals surface area contributed by atoms with Gasteiger partial charge in [-0.15, -0.1) is 0 Å². The zero-order chi connectivity index (χ0) is 19.4. The van der Waals surface area contributed by atoms with Crippen molar-refractivity contribution >= 4 is 23.2 Å². The van der Waals surface area contributed by atoms with E-state index in [2.05, 4.69) is 34.1 Å². The second-order valence-corrected chi connectivity index (χ2v) is 6.72. The lowest BCUT2D eigenvalue weighted by atomic mass is 10.0. The van der Waals surface area contributed by atoms with Gasteiger partial charge in [0.25, 0.3) is 5.91 Å². The van der Waals surface area contributed by atoms with Gasteiger partial charge in [0.15, 0.2) is 5.65 Å². The van der Waals surface area contributed by atoms with Crippen LogP contribution in [-0.2, 0) is 0 Å². The van der Waals surface area contributed by atoms with Gasteiger partial charge < -0.3 is 5.32 Å². The van der Waals surface area contributed by atoms with Crippen molar-refractivity contribution in [3.05, 3.63) is 64.6 Å². The molecule has 3 rings (SSSR count). The molecule has 7 heteroatoms. The molecule has 1 amide bonds. The van der Waals surface area contributed by atoms with Crippen molar-refractivity contribution in [1.29, 1.82) is 0 Å². The van der Waals surface area contributed by atoms with Gasteiger partial charge in [-0.05, 0) is 37.7 Å². The lowest BCUT2D eigenvalue weighted by Crippen LogP contribution is -2.38. The minimum Gasteiger partial charge on any atom is -0.350 e. The van der Waals surface area contributed by atoms with Crippen LogP contribution in [0, 0.1) is 6.92 Å². The highest BCUT2D eigenvalue weighted by Gasteiger charge is 2.23. The Kier molecular flexibility index (Phi) is 6.08. The Balaban J connectivity index is 1.85. The van der Waals surface area contributed by atoms with Crippen molar-refractivity contribution in [2.75, 3.05) is 19.6 Å². The molecule has 0 bridgehead atoms. The fourth-order valence-corrected chi connectivity index (χ4v) is 3.65. The molecule has 2 aromatic heterocycles. The number of aryl methyl sites for hydroxylation is 1. The number of fused-ring (bicyclic) bond motifs is 1. The zero-order valence-corrected chi connectivity index (χ0v) is 16.6. The molecule has 1 aromatic carbocycles. The number of halogens is 1. The van der Waals surface area contributed by atoms with Crippen molar-refractivity contribution in [2.24, 2.45) is 0 Å². The molecule has 0 fully saturated rings. The van der Waals surface area contributed by atoms with E-state index in [1.54, 1.807) is 23.0 Å². The number of nitrogens with one attached hydrogen (secondary N) is 1. The monoisotopic (exact) mass is 385 g/mol. The van der Waals surface area contributed by atoms with E-state index in [-0.39, 0.29) is 11.9 Å². The van der Waals surface area contributed by atoms with Gasteiger partial charge in [0.2, 0.25) is 0 Å². The third-order valence-corrected chi connectivity index (χ3v) is 5.11. The number of likely N-dealkylation sites (N-methyl/N-ethyl adjacent to an activating group) is 1. The second kappa shape index (κ2) is 8.50. The van der Waals surface area contributed by atoms with Crippen molar-refractivity contribution in [3.63, 3.8) is 0 Å². The molecule has 0 aliphatic carbocycles. The van der Waals surface area contributed by atoms with E-state index in [1.165, 1.54) is 0 Å². The molecule has 6 nitrogen and oxygen atoms in total. The summed E-state index contributed by atoms with van der Waals surface area (Å²) in [5.74, 6) is -0.176. The van der Waals surface area contributed by atoms with E-state index in [0.29, 0.717) is 28.5 Å². The maximum Gasteiger partial charge on any atom is 0.257 e. The van der Waals surface area contributed by atoms with Gasteiger partial charge in [0, 0.05) is 24.0 Å².